The lowest BCUT2D eigenvalue weighted by atomic mass is 9.97. The summed E-state index contributed by atoms with van der Waals surface area (Å²) in [5.74, 6) is -2.17. The summed E-state index contributed by atoms with van der Waals surface area (Å²) in [5.41, 5.74) is 5.06. The van der Waals surface area contributed by atoms with Crippen LogP contribution >= 0.6 is 11.6 Å². The number of fused-ring (bicyclic) bond motifs is 3. The topological polar surface area (TPSA) is 146 Å². The van der Waals surface area contributed by atoms with Crippen molar-refractivity contribution in [3.8, 4) is 11.1 Å². The Morgan fingerprint density at radius 1 is 0.891 bits per heavy atom. The number of rotatable bonds is 13. The minimum absolute atomic E-state index is 0.0455. The molecule has 4 amide bonds. The largest absolute Gasteiger partial charge is 0.515 e. The van der Waals surface area contributed by atoms with Gasteiger partial charge in [-0.2, -0.15) is 0 Å². The Morgan fingerprint density at radius 2 is 1.50 bits per heavy atom. The smallest absolute Gasteiger partial charge is 0.407 e. The molecular weight excluding hydrogens is 608 g/mol. The molecule has 0 saturated heterocycles. The number of aliphatic hydroxyl groups excluding tert-OH is 1. The van der Waals surface area contributed by atoms with Gasteiger partial charge in [0, 0.05) is 17.5 Å². The molecule has 10 nitrogen and oxygen atoms in total. The quantitative estimate of drug-likeness (QED) is 0.135. The first-order valence-electron chi connectivity index (χ1n) is 15.2. The van der Waals surface area contributed by atoms with Gasteiger partial charge in [0.15, 0.2) is 0 Å². The lowest BCUT2D eigenvalue weighted by Gasteiger charge is -2.26. The van der Waals surface area contributed by atoms with E-state index in [9.17, 15) is 24.3 Å². The van der Waals surface area contributed by atoms with E-state index in [1.807, 2.05) is 48.5 Å². The Hall–Kier alpha value is -4.83. The molecular formula is C35H39ClN4O6. The van der Waals surface area contributed by atoms with Crippen LogP contribution in [0.5, 0.6) is 0 Å². The molecule has 4 rings (SSSR count). The minimum Gasteiger partial charge on any atom is -0.515 e. The average molecular weight is 647 g/mol. The summed E-state index contributed by atoms with van der Waals surface area (Å²) in [6, 6.07) is 20.9. The van der Waals surface area contributed by atoms with Crippen molar-refractivity contribution in [2.45, 2.75) is 45.2 Å². The third-order valence-corrected chi connectivity index (χ3v) is 8.04. The number of nitrogens with one attached hydrogen (secondary N) is 4. The first-order valence-corrected chi connectivity index (χ1v) is 15.6. The first kappa shape index (κ1) is 34.1. The second-order valence-electron chi connectivity index (χ2n) is 11.3. The van der Waals surface area contributed by atoms with Crippen molar-refractivity contribution in [2.75, 3.05) is 19.7 Å². The second kappa shape index (κ2) is 15.9. The molecule has 3 aromatic carbocycles. The molecule has 0 aromatic heterocycles. The molecule has 242 valence electrons. The normalized spacial score (nSPS) is 13.6. The number of aliphatic hydroxyl groups is 1. The van der Waals surface area contributed by atoms with Gasteiger partial charge in [0.25, 0.3) is 5.91 Å². The molecule has 5 N–H and O–H groups in total. The number of halogens is 1. The fraction of sp³-hybridized carbons (Fsp3) is 0.314. The minimum atomic E-state index is -1.00. The summed E-state index contributed by atoms with van der Waals surface area (Å²) in [5, 5.41) is 21.0. The molecule has 0 spiro atoms. The van der Waals surface area contributed by atoms with Crippen LogP contribution in [-0.4, -0.2) is 60.7 Å². The van der Waals surface area contributed by atoms with Gasteiger partial charge in [-0.15, -0.1) is 0 Å². The third kappa shape index (κ3) is 8.45. The van der Waals surface area contributed by atoms with Crippen LogP contribution in [0, 0.1) is 5.92 Å². The number of amides is 4. The van der Waals surface area contributed by atoms with E-state index < -0.39 is 42.4 Å². The van der Waals surface area contributed by atoms with Gasteiger partial charge in [-0.1, -0.05) is 86.1 Å². The molecule has 0 heterocycles. The first-order chi connectivity index (χ1) is 22.1. The fourth-order valence-corrected chi connectivity index (χ4v) is 5.61. The number of hydrogen-bond acceptors (Lipinski definition) is 6. The van der Waals surface area contributed by atoms with Crippen LogP contribution < -0.4 is 21.3 Å². The van der Waals surface area contributed by atoms with Crippen molar-refractivity contribution in [1.82, 2.24) is 21.3 Å². The van der Waals surface area contributed by atoms with Gasteiger partial charge >= 0.3 is 6.09 Å². The van der Waals surface area contributed by atoms with Crippen molar-refractivity contribution >= 4 is 35.4 Å². The zero-order chi connectivity index (χ0) is 33.2. The van der Waals surface area contributed by atoms with E-state index in [0.717, 1.165) is 27.8 Å². The van der Waals surface area contributed by atoms with E-state index in [1.165, 1.54) is 0 Å². The number of hydrogen-bond donors (Lipinski definition) is 5. The standard InChI is InChI=1S/C35H39ClN4O6/c1-4-37-33(43)28(19-41)30(17-22-13-15-23(36)16-14-22)39-34(44)32(21(2)3)40-31(42)18-38-35(45)46-20-29-26-11-7-5-9-24(26)25-10-6-8-12-27(25)29/h5-16,19,21,29-30,32,41H,4,17-18,20H2,1-3H3,(H,37,43)(H,38,45)(H,39,44)(H,40,42)/b28-19-/t30-,32-/m0/s1. The van der Waals surface area contributed by atoms with Gasteiger partial charge in [0.05, 0.1) is 17.9 Å². The van der Waals surface area contributed by atoms with Crippen LogP contribution in [0.25, 0.3) is 11.1 Å². The highest BCUT2D eigenvalue weighted by Gasteiger charge is 2.31. The van der Waals surface area contributed by atoms with Gasteiger partial charge in [0.2, 0.25) is 11.8 Å². The lowest BCUT2D eigenvalue weighted by Crippen LogP contribution is -2.55. The lowest BCUT2D eigenvalue weighted by molar-refractivity contribution is -0.130. The molecule has 1 aliphatic carbocycles. The summed E-state index contributed by atoms with van der Waals surface area (Å²) < 4.78 is 5.50. The van der Waals surface area contributed by atoms with Gasteiger partial charge < -0.3 is 31.1 Å². The average Bonchev–Trinajstić information content (AvgIpc) is 3.36. The third-order valence-electron chi connectivity index (χ3n) is 7.79. The van der Waals surface area contributed by atoms with E-state index in [2.05, 4.69) is 21.3 Å². The van der Waals surface area contributed by atoms with Crippen molar-refractivity contribution in [1.29, 1.82) is 0 Å². The summed E-state index contributed by atoms with van der Waals surface area (Å²) in [6.07, 6.45) is 0.0898. The van der Waals surface area contributed by atoms with Crippen LogP contribution in [0.3, 0.4) is 0 Å². The zero-order valence-corrected chi connectivity index (χ0v) is 26.8. The van der Waals surface area contributed by atoms with Crippen LogP contribution in [0.15, 0.2) is 84.6 Å². The number of benzene rings is 3. The number of carbonyl (C=O) groups is 4. The van der Waals surface area contributed by atoms with Crippen LogP contribution in [-0.2, 0) is 25.5 Å². The highest BCUT2D eigenvalue weighted by Crippen LogP contribution is 2.44. The number of carbonyl (C=O) groups excluding carboxylic acids is 4. The Bertz CT molecular complexity index is 1540. The molecule has 0 unspecified atom stereocenters. The number of ether oxygens (including phenoxy) is 1. The Labute approximate surface area is 273 Å². The van der Waals surface area contributed by atoms with E-state index >= 15 is 0 Å². The summed E-state index contributed by atoms with van der Waals surface area (Å²) in [7, 11) is 0. The Kier molecular flexibility index (Phi) is 11.8. The summed E-state index contributed by atoms with van der Waals surface area (Å²) in [4.78, 5) is 51.6. The maximum absolute atomic E-state index is 13.5. The molecule has 0 bridgehead atoms. The second-order valence-corrected chi connectivity index (χ2v) is 11.7. The predicted octanol–water partition coefficient (Wildman–Crippen LogP) is 4.62. The Balaban J connectivity index is 1.35. The van der Waals surface area contributed by atoms with Gasteiger partial charge in [0.1, 0.15) is 19.2 Å². The highest BCUT2D eigenvalue weighted by molar-refractivity contribution is 6.30. The van der Waals surface area contributed by atoms with E-state index in [1.54, 1.807) is 45.0 Å². The van der Waals surface area contributed by atoms with Crippen molar-refractivity contribution in [3.05, 3.63) is 106 Å². The monoisotopic (exact) mass is 646 g/mol. The summed E-state index contributed by atoms with van der Waals surface area (Å²) in [6.45, 7) is 5.25. The summed E-state index contributed by atoms with van der Waals surface area (Å²) >= 11 is 6.01. The van der Waals surface area contributed by atoms with Crippen LogP contribution in [0.1, 0.15) is 43.4 Å². The zero-order valence-electron chi connectivity index (χ0n) is 26.0. The van der Waals surface area contributed by atoms with Gasteiger partial charge in [-0.05, 0) is 59.2 Å². The van der Waals surface area contributed by atoms with E-state index in [0.29, 0.717) is 17.8 Å². The van der Waals surface area contributed by atoms with Crippen LogP contribution in [0.4, 0.5) is 4.79 Å². The van der Waals surface area contributed by atoms with Gasteiger partial charge in [-0.3, -0.25) is 14.4 Å². The maximum atomic E-state index is 13.5. The Morgan fingerprint density at radius 3 is 2.07 bits per heavy atom. The molecule has 0 aliphatic heterocycles. The van der Waals surface area contributed by atoms with Crippen LogP contribution in [0.2, 0.25) is 5.02 Å². The van der Waals surface area contributed by atoms with E-state index in [-0.39, 0.29) is 30.4 Å². The van der Waals surface area contributed by atoms with Crippen molar-refractivity contribution in [2.24, 2.45) is 5.92 Å². The van der Waals surface area contributed by atoms with Crippen molar-refractivity contribution in [3.63, 3.8) is 0 Å². The number of alkyl carbamates (subject to hydrolysis) is 1. The highest BCUT2D eigenvalue weighted by atomic mass is 35.5. The molecule has 0 saturated carbocycles. The predicted molar refractivity (Wildman–Crippen MR) is 176 cm³/mol. The molecule has 0 radical (unpaired) electrons. The van der Waals surface area contributed by atoms with Gasteiger partial charge in [-0.25, -0.2) is 4.79 Å². The maximum Gasteiger partial charge on any atom is 0.407 e. The SMILES string of the molecule is CCNC(=O)/C(=C\O)[C@H](Cc1ccc(Cl)cc1)NC(=O)[C@@H](NC(=O)CNC(=O)OCC1c2ccccc2-c2ccccc21)C(C)C. The van der Waals surface area contributed by atoms with Crippen molar-refractivity contribution < 1.29 is 29.0 Å². The molecule has 2 atom stereocenters. The molecule has 11 heteroatoms. The molecule has 0 fully saturated rings. The van der Waals surface area contributed by atoms with E-state index in [4.69, 9.17) is 16.3 Å². The molecule has 46 heavy (non-hydrogen) atoms. The fourth-order valence-electron chi connectivity index (χ4n) is 5.49. The molecule has 1 aliphatic rings. The number of likely N-dealkylation sites (N-methyl/N-ethyl adjacent to an activating group) is 1. The molecule has 3 aromatic rings.